The number of anilines is 2. The number of nitrogens with zero attached hydrogens (tertiary/aromatic N) is 1. The molecule has 0 radical (unpaired) electrons. The van der Waals surface area contributed by atoms with Crippen LogP contribution in [0.2, 0.25) is 0 Å². The minimum Gasteiger partial charge on any atom is -0.497 e. The molecule has 180 valence electrons. The lowest BCUT2D eigenvalue weighted by Crippen LogP contribution is -2.32. The monoisotopic (exact) mass is 476 g/mol. The largest absolute Gasteiger partial charge is 0.497 e. The molecule has 0 aliphatic heterocycles. The number of hydrazone groups is 1. The Morgan fingerprint density at radius 1 is 0.800 bits per heavy atom. The Morgan fingerprint density at radius 2 is 1.51 bits per heavy atom. The molecule has 35 heavy (non-hydrogen) atoms. The van der Waals surface area contributed by atoms with Crippen molar-refractivity contribution in [1.29, 1.82) is 0 Å². The van der Waals surface area contributed by atoms with E-state index in [2.05, 4.69) is 21.2 Å². The minimum atomic E-state index is -0.937. The van der Waals surface area contributed by atoms with Crippen molar-refractivity contribution in [2.24, 2.45) is 5.10 Å². The van der Waals surface area contributed by atoms with Gasteiger partial charge in [-0.05, 0) is 60.2 Å². The lowest BCUT2D eigenvalue weighted by Gasteiger charge is -2.11. The Hall–Kier alpha value is -4.86. The third-order valence-corrected chi connectivity index (χ3v) is 4.54. The van der Waals surface area contributed by atoms with Gasteiger partial charge in [0.1, 0.15) is 5.75 Å². The van der Waals surface area contributed by atoms with Crippen molar-refractivity contribution < 1.29 is 28.6 Å². The number of carbonyl (C=O) groups excluding carboxylic acids is 3. The molecule has 0 aromatic heterocycles. The van der Waals surface area contributed by atoms with Crippen LogP contribution in [0.15, 0.2) is 77.9 Å². The van der Waals surface area contributed by atoms with Crippen LogP contribution in [0, 0.1) is 0 Å². The van der Waals surface area contributed by atoms with Gasteiger partial charge in [0.05, 0.1) is 20.4 Å². The number of amides is 3. The zero-order valence-corrected chi connectivity index (χ0v) is 19.1. The fourth-order valence-electron chi connectivity index (χ4n) is 2.82. The quantitative estimate of drug-likeness (QED) is 0.248. The van der Waals surface area contributed by atoms with E-state index in [0.717, 1.165) is 0 Å². The minimum absolute atomic E-state index is 0.210. The van der Waals surface area contributed by atoms with Crippen molar-refractivity contribution >= 4 is 35.3 Å². The molecule has 0 fully saturated rings. The van der Waals surface area contributed by atoms with Gasteiger partial charge in [0.2, 0.25) is 0 Å². The van der Waals surface area contributed by atoms with E-state index in [4.69, 9.17) is 14.2 Å². The average molecular weight is 476 g/mol. The van der Waals surface area contributed by atoms with Gasteiger partial charge in [-0.1, -0.05) is 18.2 Å². The predicted molar refractivity (Wildman–Crippen MR) is 131 cm³/mol. The molecular formula is C25H24N4O6. The topological polar surface area (TPSA) is 127 Å². The molecule has 0 saturated heterocycles. The molecule has 3 aromatic carbocycles. The number of rotatable bonds is 9. The number of methoxy groups -OCH3 is 2. The smallest absolute Gasteiger partial charge is 0.329 e. The fraction of sp³-hybridized carbons (Fsp3) is 0.120. The van der Waals surface area contributed by atoms with Gasteiger partial charge in [-0.2, -0.15) is 5.10 Å². The molecule has 0 saturated carbocycles. The van der Waals surface area contributed by atoms with Crippen molar-refractivity contribution in [3.63, 3.8) is 0 Å². The highest BCUT2D eigenvalue weighted by atomic mass is 16.5. The maximum atomic E-state index is 12.1. The standard InChI is InChI=1S/C25H24N4O6/c1-33-20-11-9-19(10-12-20)28-24(31)25(32)29-26-15-17-8-13-21(22(14-17)34-2)35-16-23(30)27-18-6-4-3-5-7-18/h3-15H,16H2,1-2H3,(H,27,30)(H,28,31)(H,29,32). The summed E-state index contributed by atoms with van der Waals surface area (Å²) in [6.07, 6.45) is 1.34. The highest BCUT2D eigenvalue weighted by Gasteiger charge is 2.13. The molecule has 0 heterocycles. The van der Waals surface area contributed by atoms with E-state index in [9.17, 15) is 14.4 Å². The third-order valence-electron chi connectivity index (χ3n) is 4.54. The summed E-state index contributed by atoms with van der Waals surface area (Å²) in [7, 11) is 2.99. The van der Waals surface area contributed by atoms with Crippen molar-refractivity contribution in [3.05, 3.63) is 78.4 Å². The van der Waals surface area contributed by atoms with Crippen molar-refractivity contribution in [2.75, 3.05) is 31.5 Å². The summed E-state index contributed by atoms with van der Waals surface area (Å²) in [6.45, 7) is -0.210. The highest BCUT2D eigenvalue weighted by molar-refractivity contribution is 6.39. The van der Waals surface area contributed by atoms with Crippen LogP contribution in [0.5, 0.6) is 17.2 Å². The van der Waals surface area contributed by atoms with Crippen LogP contribution < -0.4 is 30.3 Å². The summed E-state index contributed by atoms with van der Waals surface area (Å²) in [6, 6.07) is 20.4. The van der Waals surface area contributed by atoms with Crippen LogP contribution in [0.4, 0.5) is 11.4 Å². The second-order valence-corrected chi connectivity index (χ2v) is 6.99. The van der Waals surface area contributed by atoms with Gasteiger partial charge in [-0.3, -0.25) is 14.4 Å². The van der Waals surface area contributed by atoms with Crippen LogP contribution in [0.25, 0.3) is 0 Å². The van der Waals surface area contributed by atoms with Gasteiger partial charge in [-0.25, -0.2) is 5.43 Å². The highest BCUT2D eigenvalue weighted by Crippen LogP contribution is 2.27. The zero-order chi connectivity index (χ0) is 25.0. The number of hydrogen-bond donors (Lipinski definition) is 3. The average Bonchev–Trinajstić information content (AvgIpc) is 2.88. The van der Waals surface area contributed by atoms with Gasteiger partial charge >= 0.3 is 11.8 Å². The summed E-state index contributed by atoms with van der Waals surface area (Å²) in [5.41, 5.74) is 3.83. The van der Waals surface area contributed by atoms with Crippen LogP contribution in [0.1, 0.15) is 5.56 Å². The lowest BCUT2D eigenvalue weighted by atomic mass is 10.2. The van der Waals surface area contributed by atoms with Gasteiger partial charge in [0.15, 0.2) is 18.1 Å². The van der Waals surface area contributed by atoms with E-state index in [1.807, 2.05) is 18.2 Å². The molecule has 3 aromatic rings. The first-order valence-corrected chi connectivity index (χ1v) is 10.4. The van der Waals surface area contributed by atoms with Gasteiger partial charge in [0.25, 0.3) is 5.91 Å². The van der Waals surface area contributed by atoms with Crippen LogP contribution in [0.3, 0.4) is 0 Å². The van der Waals surface area contributed by atoms with Gasteiger partial charge in [0, 0.05) is 11.4 Å². The zero-order valence-electron chi connectivity index (χ0n) is 19.1. The molecule has 0 bridgehead atoms. The second kappa shape index (κ2) is 12.4. The summed E-state index contributed by atoms with van der Waals surface area (Å²) in [5, 5.41) is 8.97. The molecule has 0 unspecified atom stereocenters. The molecule has 0 atom stereocenters. The normalized spacial score (nSPS) is 10.3. The Morgan fingerprint density at radius 3 is 2.20 bits per heavy atom. The first kappa shape index (κ1) is 24.8. The maximum Gasteiger partial charge on any atom is 0.329 e. The van der Waals surface area contributed by atoms with Crippen molar-refractivity contribution in [3.8, 4) is 17.2 Å². The van der Waals surface area contributed by atoms with E-state index >= 15 is 0 Å². The van der Waals surface area contributed by atoms with Crippen LogP contribution in [-0.4, -0.2) is 44.8 Å². The number of para-hydroxylation sites is 1. The van der Waals surface area contributed by atoms with E-state index < -0.39 is 11.8 Å². The number of ether oxygens (including phenoxy) is 3. The molecule has 3 N–H and O–H groups in total. The Labute approximate surface area is 201 Å². The van der Waals surface area contributed by atoms with Gasteiger partial charge < -0.3 is 24.8 Å². The Kier molecular flexibility index (Phi) is 8.78. The Bertz CT molecular complexity index is 1200. The van der Waals surface area contributed by atoms with Crippen molar-refractivity contribution in [1.82, 2.24) is 5.43 Å². The summed E-state index contributed by atoms with van der Waals surface area (Å²) >= 11 is 0. The first-order chi connectivity index (χ1) is 17.0. The Balaban J connectivity index is 1.51. The van der Waals surface area contributed by atoms with Crippen molar-refractivity contribution in [2.45, 2.75) is 0 Å². The molecule has 3 rings (SSSR count). The van der Waals surface area contributed by atoms with E-state index in [0.29, 0.717) is 34.2 Å². The number of nitrogens with one attached hydrogen (secondary N) is 3. The van der Waals surface area contributed by atoms with E-state index in [-0.39, 0.29) is 12.5 Å². The molecule has 10 heteroatoms. The predicted octanol–water partition coefficient (Wildman–Crippen LogP) is 2.81. The van der Waals surface area contributed by atoms with Crippen LogP contribution in [-0.2, 0) is 14.4 Å². The molecule has 0 aliphatic carbocycles. The van der Waals surface area contributed by atoms with Gasteiger partial charge in [-0.15, -0.1) is 0 Å². The molecule has 3 amide bonds. The summed E-state index contributed by atoms with van der Waals surface area (Å²) in [4.78, 5) is 36.1. The second-order valence-electron chi connectivity index (χ2n) is 6.99. The van der Waals surface area contributed by atoms with Crippen LogP contribution >= 0.6 is 0 Å². The number of hydrogen-bond acceptors (Lipinski definition) is 7. The molecule has 10 nitrogen and oxygen atoms in total. The summed E-state index contributed by atoms with van der Waals surface area (Å²) < 4.78 is 15.9. The van der Waals surface area contributed by atoms with E-state index in [1.165, 1.54) is 20.4 Å². The molecular weight excluding hydrogens is 452 g/mol. The lowest BCUT2D eigenvalue weighted by molar-refractivity contribution is -0.136. The molecule has 0 spiro atoms. The maximum absolute atomic E-state index is 12.1. The van der Waals surface area contributed by atoms with E-state index in [1.54, 1.807) is 54.6 Å². The SMILES string of the molecule is COc1ccc(NC(=O)C(=O)NN=Cc2ccc(OCC(=O)Nc3ccccc3)c(OC)c2)cc1. The molecule has 0 aliphatic rings. The number of carbonyl (C=O) groups is 3. The fourth-order valence-corrected chi connectivity index (χ4v) is 2.82. The number of benzene rings is 3. The third kappa shape index (κ3) is 7.60. The first-order valence-electron chi connectivity index (χ1n) is 10.4. The summed E-state index contributed by atoms with van der Waals surface area (Å²) in [5.74, 6) is -0.782.